The highest BCUT2D eigenvalue weighted by molar-refractivity contribution is 6.04. The third-order valence-electron chi connectivity index (χ3n) is 3.85. The summed E-state index contributed by atoms with van der Waals surface area (Å²) in [6.07, 6.45) is -0.197. The van der Waals surface area contributed by atoms with Crippen LogP contribution in [0.4, 0.5) is 5.69 Å². The molecule has 0 unspecified atom stereocenters. The molecule has 0 heterocycles. The molecule has 0 bridgehead atoms. The SMILES string of the molecule is CC[C@@H](Oc1ccc(OC)cc1)C(=O)Nc1ccccc1C(=O)NC(C)C. The summed E-state index contributed by atoms with van der Waals surface area (Å²) in [5, 5.41) is 5.64. The van der Waals surface area contributed by atoms with E-state index in [0.717, 1.165) is 0 Å². The number of rotatable bonds is 8. The standard InChI is InChI=1S/C21H26N2O4/c1-5-19(27-16-12-10-15(26-4)11-13-16)21(25)23-18-9-7-6-8-17(18)20(24)22-14(2)3/h6-14,19H,5H2,1-4H3,(H,22,24)(H,23,25)/t19-/m1/s1. The van der Waals surface area contributed by atoms with Gasteiger partial charge in [0.1, 0.15) is 11.5 Å². The van der Waals surface area contributed by atoms with Gasteiger partial charge in [0.2, 0.25) is 0 Å². The van der Waals surface area contributed by atoms with Gasteiger partial charge in [-0.1, -0.05) is 19.1 Å². The highest BCUT2D eigenvalue weighted by Gasteiger charge is 2.21. The lowest BCUT2D eigenvalue weighted by atomic mass is 10.1. The highest BCUT2D eigenvalue weighted by Crippen LogP contribution is 2.20. The van der Waals surface area contributed by atoms with Crippen molar-refractivity contribution in [3.05, 3.63) is 54.1 Å². The lowest BCUT2D eigenvalue weighted by molar-refractivity contribution is -0.122. The fraction of sp³-hybridized carbons (Fsp3) is 0.333. The Kier molecular flexibility index (Phi) is 7.23. The van der Waals surface area contributed by atoms with Gasteiger partial charge < -0.3 is 20.1 Å². The van der Waals surface area contributed by atoms with E-state index in [2.05, 4.69) is 10.6 Å². The molecule has 1 atom stereocenters. The zero-order valence-corrected chi connectivity index (χ0v) is 16.1. The first-order valence-corrected chi connectivity index (χ1v) is 8.96. The van der Waals surface area contributed by atoms with Crippen molar-refractivity contribution in [2.75, 3.05) is 12.4 Å². The maximum atomic E-state index is 12.7. The lowest BCUT2D eigenvalue weighted by Crippen LogP contribution is -2.34. The predicted octanol–water partition coefficient (Wildman–Crippen LogP) is 3.63. The molecule has 0 spiro atoms. The Hall–Kier alpha value is -3.02. The van der Waals surface area contributed by atoms with Gasteiger partial charge >= 0.3 is 0 Å². The summed E-state index contributed by atoms with van der Waals surface area (Å²) < 4.78 is 10.9. The number of anilines is 1. The molecule has 0 aromatic heterocycles. The first kappa shape index (κ1) is 20.3. The molecular formula is C21H26N2O4. The number of methoxy groups -OCH3 is 1. The molecule has 27 heavy (non-hydrogen) atoms. The maximum absolute atomic E-state index is 12.7. The molecule has 144 valence electrons. The van der Waals surface area contributed by atoms with Crippen molar-refractivity contribution in [1.82, 2.24) is 5.32 Å². The number of nitrogens with one attached hydrogen (secondary N) is 2. The molecule has 2 amide bonds. The van der Waals surface area contributed by atoms with E-state index in [1.807, 2.05) is 20.8 Å². The quantitative estimate of drug-likeness (QED) is 0.744. The number of hydrogen-bond acceptors (Lipinski definition) is 4. The van der Waals surface area contributed by atoms with E-state index < -0.39 is 6.10 Å². The van der Waals surface area contributed by atoms with Crippen LogP contribution >= 0.6 is 0 Å². The molecule has 0 saturated carbocycles. The molecule has 2 aromatic carbocycles. The van der Waals surface area contributed by atoms with E-state index in [1.165, 1.54) is 0 Å². The van der Waals surface area contributed by atoms with Crippen molar-refractivity contribution in [3.63, 3.8) is 0 Å². The minimum Gasteiger partial charge on any atom is -0.497 e. The van der Waals surface area contributed by atoms with Gasteiger partial charge in [0, 0.05) is 6.04 Å². The third kappa shape index (κ3) is 5.74. The summed E-state index contributed by atoms with van der Waals surface area (Å²) in [6, 6.07) is 14.0. The number of carbonyl (C=O) groups excluding carboxylic acids is 2. The molecule has 0 aliphatic carbocycles. The molecule has 0 radical (unpaired) electrons. The van der Waals surface area contributed by atoms with Crippen LogP contribution in [0.2, 0.25) is 0 Å². The second-order valence-electron chi connectivity index (χ2n) is 6.35. The van der Waals surface area contributed by atoms with E-state index in [9.17, 15) is 9.59 Å². The molecule has 6 heteroatoms. The predicted molar refractivity (Wildman–Crippen MR) is 105 cm³/mol. The van der Waals surface area contributed by atoms with E-state index in [4.69, 9.17) is 9.47 Å². The zero-order chi connectivity index (χ0) is 19.8. The first-order chi connectivity index (χ1) is 12.9. The summed E-state index contributed by atoms with van der Waals surface area (Å²) in [5.74, 6) is 0.747. The Morgan fingerprint density at radius 3 is 2.22 bits per heavy atom. The van der Waals surface area contributed by atoms with E-state index >= 15 is 0 Å². The Balaban J connectivity index is 2.11. The number of hydrogen-bond donors (Lipinski definition) is 2. The van der Waals surface area contributed by atoms with Crippen molar-refractivity contribution >= 4 is 17.5 Å². The van der Waals surface area contributed by atoms with Gasteiger partial charge in [-0.15, -0.1) is 0 Å². The monoisotopic (exact) mass is 370 g/mol. The molecule has 2 aromatic rings. The van der Waals surface area contributed by atoms with Gasteiger partial charge in [0.05, 0.1) is 18.4 Å². The number of ether oxygens (including phenoxy) is 2. The van der Waals surface area contributed by atoms with E-state index in [0.29, 0.717) is 29.2 Å². The molecule has 0 aliphatic rings. The van der Waals surface area contributed by atoms with Crippen LogP contribution in [-0.2, 0) is 4.79 Å². The van der Waals surface area contributed by atoms with Gasteiger partial charge in [-0.3, -0.25) is 9.59 Å². The van der Waals surface area contributed by atoms with Crippen LogP contribution in [0.5, 0.6) is 11.5 Å². The smallest absolute Gasteiger partial charge is 0.265 e. The Morgan fingerprint density at radius 1 is 1.00 bits per heavy atom. The number of carbonyl (C=O) groups is 2. The molecule has 0 aliphatic heterocycles. The minimum atomic E-state index is -0.681. The fourth-order valence-electron chi connectivity index (χ4n) is 2.48. The highest BCUT2D eigenvalue weighted by atomic mass is 16.5. The average Bonchev–Trinajstić information content (AvgIpc) is 2.66. The van der Waals surface area contributed by atoms with Gasteiger partial charge in [-0.25, -0.2) is 0 Å². The zero-order valence-electron chi connectivity index (χ0n) is 16.1. The normalized spacial score (nSPS) is 11.6. The van der Waals surface area contributed by atoms with Gasteiger partial charge in [0.15, 0.2) is 6.10 Å². The van der Waals surface area contributed by atoms with Crippen LogP contribution in [0.25, 0.3) is 0 Å². The van der Waals surface area contributed by atoms with Gasteiger partial charge in [0.25, 0.3) is 11.8 Å². The van der Waals surface area contributed by atoms with Crippen LogP contribution in [0.1, 0.15) is 37.6 Å². The van der Waals surface area contributed by atoms with Crippen molar-refractivity contribution in [1.29, 1.82) is 0 Å². The van der Waals surface area contributed by atoms with E-state index in [1.54, 1.807) is 55.6 Å². The Labute approximate surface area is 159 Å². The first-order valence-electron chi connectivity index (χ1n) is 8.96. The van der Waals surface area contributed by atoms with Crippen molar-refractivity contribution in [2.45, 2.75) is 39.3 Å². The Morgan fingerprint density at radius 2 is 1.63 bits per heavy atom. The summed E-state index contributed by atoms with van der Waals surface area (Å²) in [7, 11) is 1.59. The number of para-hydroxylation sites is 1. The number of benzene rings is 2. The Bertz CT molecular complexity index is 772. The van der Waals surface area contributed by atoms with Crippen LogP contribution < -0.4 is 20.1 Å². The second kappa shape index (κ2) is 9.62. The maximum Gasteiger partial charge on any atom is 0.265 e. The molecule has 0 saturated heterocycles. The average molecular weight is 370 g/mol. The van der Waals surface area contributed by atoms with E-state index in [-0.39, 0.29) is 17.9 Å². The molecule has 2 N–H and O–H groups in total. The van der Waals surface area contributed by atoms with Crippen LogP contribution in [0, 0.1) is 0 Å². The summed E-state index contributed by atoms with van der Waals surface area (Å²) in [4.78, 5) is 25.0. The second-order valence-corrected chi connectivity index (χ2v) is 6.35. The molecule has 6 nitrogen and oxygen atoms in total. The molecular weight excluding hydrogens is 344 g/mol. The topological polar surface area (TPSA) is 76.7 Å². The van der Waals surface area contributed by atoms with Crippen molar-refractivity contribution < 1.29 is 19.1 Å². The number of amides is 2. The van der Waals surface area contributed by atoms with Crippen LogP contribution in [0.3, 0.4) is 0 Å². The largest absolute Gasteiger partial charge is 0.497 e. The van der Waals surface area contributed by atoms with Gasteiger partial charge in [-0.05, 0) is 56.7 Å². The minimum absolute atomic E-state index is 0.00283. The van der Waals surface area contributed by atoms with Crippen LogP contribution in [0.15, 0.2) is 48.5 Å². The molecule has 0 fully saturated rings. The molecule has 2 rings (SSSR count). The third-order valence-corrected chi connectivity index (χ3v) is 3.85. The summed E-state index contributed by atoms with van der Waals surface area (Å²) in [5.41, 5.74) is 0.872. The summed E-state index contributed by atoms with van der Waals surface area (Å²) in [6.45, 7) is 5.63. The van der Waals surface area contributed by atoms with Crippen molar-refractivity contribution in [2.24, 2.45) is 0 Å². The lowest BCUT2D eigenvalue weighted by Gasteiger charge is -2.19. The fourth-order valence-corrected chi connectivity index (χ4v) is 2.48. The van der Waals surface area contributed by atoms with Crippen LogP contribution in [-0.4, -0.2) is 31.1 Å². The summed E-state index contributed by atoms with van der Waals surface area (Å²) >= 11 is 0. The van der Waals surface area contributed by atoms with Crippen molar-refractivity contribution in [3.8, 4) is 11.5 Å². The van der Waals surface area contributed by atoms with Gasteiger partial charge in [-0.2, -0.15) is 0 Å².